The second-order valence-electron chi connectivity index (χ2n) is 3.82. The molecule has 1 N–H and O–H groups in total. The van der Waals surface area contributed by atoms with Crippen LogP contribution in [-0.4, -0.2) is 48.6 Å². The van der Waals surface area contributed by atoms with Gasteiger partial charge in [0, 0.05) is 17.1 Å². The van der Waals surface area contributed by atoms with E-state index < -0.39 is 8.56 Å². The monoisotopic (exact) mass is 272 g/mol. The number of phenolic OH excluding ortho intramolecular Hbond substituents is 1. The average Bonchev–Trinajstić information content (AvgIpc) is 2.23. The second kappa shape index (κ2) is 5.23. The topological polar surface area (TPSA) is 29.5 Å². The zero-order chi connectivity index (χ0) is 9.80. The predicted molar refractivity (Wildman–Crippen MR) is 74.2 cm³/mol. The van der Waals surface area contributed by atoms with Gasteiger partial charge in [-0.05, 0) is 26.2 Å². The van der Waals surface area contributed by atoms with E-state index in [0.29, 0.717) is 31.4 Å². The molecule has 1 atom stereocenters. The highest BCUT2D eigenvalue weighted by Gasteiger charge is 2.18. The first-order valence-corrected chi connectivity index (χ1v) is 22.4. The fourth-order valence-corrected chi connectivity index (χ4v) is 90.3. The zero-order valence-corrected chi connectivity index (χ0v) is 15.1. The summed E-state index contributed by atoms with van der Waals surface area (Å²) in [6.07, 6.45) is 0. The van der Waals surface area contributed by atoms with Gasteiger partial charge in [0.25, 0.3) is 0 Å². The Morgan fingerprint density at radius 3 is 2.86 bits per heavy atom. The van der Waals surface area contributed by atoms with Crippen LogP contribution in [0.5, 0.6) is 5.75 Å². The van der Waals surface area contributed by atoms with Gasteiger partial charge in [-0.15, -0.1) is 0 Å². The summed E-state index contributed by atoms with van der Waals surface area (Å²) in [5, 5.41) is 9.65. The Hall–Kier alpha value is 0.0644. The van der Waals surface area contributed by atoms with E-state index in [9.17, 15) is 5.11 Å². The van der Waals surface area contributed by atoms with Crippen LogP contribution in [-0.2, 0) is 10.2 Å². The number of hydrogen-bond acceptors (Lipinski definition) is 2. The van der Waals surface area contributed by atoms with E-state index in [1.807, 2.05) is 12.1 Å². The summed E-state index contributed by atoms with van der Waals surface area (Å²) >= 11 is 0. The van der Waals surface area contributed by atoms with Gasteiger partial charge in [-0.1, -0.05) is 18.2 Å². The fraction of sp³-hybridized carbons (Fsp3) is 0.143. The summed E-state index contributed by atoms with van der Waals surface area (Å²) < 4.78 is 6.06. The first kappa shape index (κ1) is 10.6. The van der Waals surface area contributed by atoms with Crippen molar-refractivity contribution in [3.8, 4) is 5.75 Å². The van der Waals surface area contributed by atoms with Crippen LogP contribution in [0.3, 0.4) is 0 Å². The Balaban J connectivity index is 1.99. The SMILES string of the molecule is Oc1ccccc1C[SiH]1O[SiH2][SiH2][SiH2][SiH2]1. The molecule has 14 heavy (non-hydrogen) atoms. The van der Waals surface area contributed by atoms with Gasteiger partial charge in [-0.2, -0.15) is 0 Å². The molecule has 0 saturated carbocycles. The summed E-state index contributed by atoms with van der Waals surface area (Å²) in [7, 11) is 0.603. The van der Waals surface area contributed by atoms with Gasteiger partial charge in [0.15, 0.2) is 0 Å². The van der Waals surface area contributed by atoms with Crippen molar-refractivity contribution < 1.29 is 9.22 Å². The maximum absolute atomic E-state index is 9.65. The van der Waals surface area contributed by atoms with Crippen molar-refractivity contribution in [3.05, 3.63) is 29.8 Å². The maximum Gasteiger partial charge on any atom is 0.143 e. The lowest BCUT2D eigenvalue weighted by molar-refractivity contribution is 0.469. The molecule has 1 aromatic rings. The quantitative estimate of drug-likeness (QED) is 0.584. The van der Waals surface area contributed by atoms with Gasteiger partial charge < -0.3 is 9.22 Å². The first-order chi connectivity index (χ1) is 6.86. The minimum absolute atomic E-state index is 0.0483. The van der Waals surface area contributed by atoms with Gasteiger partial charge in [0.05, 0.1) is 0 Å². The van der Waals surface area contributed by atoms with Crippen LogP contribution < -0.4 is 0 Å². The van der Waals surface area contributed by atoms with E-state index in [-0.39, 0.29) is 9.28 Å². The fourth-order valence-electron chi connectivity index (χ4n) is 1.90. The molecule has 0 bridgehead atoms. The molecule has 1 aliphatic rings. The van der Waals surface area contributed by atoms with Crippen molar-refractivity contribution in [1.82, 2.24) is 0 Å². The van der Waals surface area contributed by atoms with E-state index in [1.165, 1.54) is 0 Å². The van der Waals surface area contributed by atoms with E-state index in [1.54, 1.807) is 6.07 Å². The highest BCUT2D eigenvalue weighted by atomic mass is 29.9. The van der Waals surface area contributed by atoms with Gasteiger partial charge in [-0.25, -0.2) is 0 Å². The third-order valence-corrected chi connectivity index (χ3v) is 60.0. The van der Waals surface area contributed by atoms with Crippen LogP contribution in [0.1, 0.15) is 5.56 Å². The van der Waals surface area contributed by atoms with Crippen molar-refractivity contribution in [2.75, 3.05) is 0 Å². The van der Waals surface area contributed by atoms with Crippen LogP contribution in [0.25, 0.3) is 0 Å². The first-order valence-electron chi connectivity index (χ1n) is 5.25. The highest BCUT2D eigenvalue weighted by molar-refractivity contribution is 7.57. The molecule has 0 aliphatic carbocycles. The summed E-state index contributed by atoms with van der Waals surface area (Å²) in [4.78, 5) is 0. The molecule has 1 aromatic carbocycles. The molecule has 0 spiro atoms. The average molecular weight is 273 g/mol. The molecule has 0 aromatic heterocycles. The Bertz CT molecular complexity index is 302. The molecule has 1 heterocycles. The molecule has 0 amide bonds. The Morgan fingerprint density at radius 1 is 1.29 bits per heavy atom. The van der Waals surface area contributed by atoms with Crippen molar-refractivity contribution in [2.24, 2.45) is 0 Å². The lowest BCUT2D eigenvalue weighted by Gasteiger charge is -2.20. The van der Waals surface area contributed by atoms with Crippen molar-refractivity contribution in [2.45, 2.75) is 6.04 Å². The van der Waals surface area contributed by atoms with Crippen molar-refractivity contribution >= 4 is 43.5 Å². The van der Waals surface area contributed by atoms with E-state index in [0.717, 1.165) is 11.6 Å². The molecule has 1 aliphatic heterocycles. The van der Waals surface area contributed by atoms with Gasteiger partial charge in [0.2, 0.25) is 0 Å². The zero-order valence-electron chi connectivity index (χ0n) is 8.28. The molecular formula is C7H16O2Si5. The smallest absolute Gasteiger partial charge is 0.143 e. The number of hydrogen-bond donors (Lipinski definition) is 1. The van der Waals surface area contributed by atoms with Gasteiger partial charge in [-0.3, -0.25) is 0 Å². The largest absolute Gasteiger partial charge is 0.508 e. The maximum atomic E-state index is 9.65. The Kier molecular flexibility index (Phi) is 3.95. The molecule has 76 valence electrons. The molecule has 7 heteroatoms. The molecule has 0 radical (unpaired) electrons. The summed E-state index contributed by atoms with van der Waals surface area (Å²) in [6.45, 7) is 0. The van der Waals surface area contributed by atoms with Crippen molar-refractivity contribution in [1.29, 1.82) is 0 Å². The van der Waals surface area contributed by atoms with E-state index in [4.69, 9.17) is 4.12 Å². The number of phenols is 1. The third-order valence-electron chi connectivity index (χ3n) is 2.71. The van der Waals surface area contributed by atoms with Gasteiger partial charge in [0.1, 0.15) is 23.6 Å². The predicted octanol–water partition coefficient (Wildman–Crippen LogP) is -2.94. The minimum atomic E-state index is -0.744. The lowest BCUT2D eigenvalue weighted by Crippen LogP contribution is -2.45. The lowest BCUT2D eigenvalue weighted by atomic mass is 10.2. The number of benzene rings is 1. The number of para-hydroxylation sites is 1. The standard InChI is InChI=1S/C7H16O2Si5/c8-7-4-2-1-3-6(7)5-14-9-10-11-12-13-14/h1-4,8,14H,5,10-13H2. The summed E-state index contributed by atoms with van der Waals surface area (Å²) in [6, 6.07) is 8.92. The molecule has 1 saturated heterocycles. The number of rotatable bonds is 2. The van der Waals surface area contributed by atoms with E-state index in [2.05, 4.69) is 6.07 Å². The van der Waals surface area contributed by atoms with E-state index >= 15 is 0 Å². The summed E-state index contributed by atoms with van der Waals surface area (Å²) in [5.74, 6) is 0.490. The Morgan fingerprint density at radius 2 is 2.14 bits per heavy atom. The third kappa shape index (κ3) is 2.78. The minimum Gasteiger partial charge on any atom is -0.508 e. The highest BCUT2D eigenvalue weighted by Crippen LogP contribution is 2.17. The molecule has 2 nitrogen and oxygen atoms in total. The van der Waals surface area contributed by atoms with Crippen molar-refractivity contribution in [3.63, 3.8) is 0 Å². The normalized spacial score (nSPS) is 29.0. The molecule has 1 fully saturated rings. The van der Waals surface area contributed by atoms with Crippen LogP contribution in [0.4, 0.5) is 0 Å². The van der Waals surface area contributed by atoms with Crippen LogP contribution >= 0.6 is 0 Å². The Labute approximate surface area is 94.4 Å². The van der Waals surface area contributed by atoms with Crippen LogP contribution in [0.15, 0.2) is 24.3 Å². The number of aromatic hydroxyl groups is 1. The summed E-state index contributed by atoms with van der Waals surface area (Å²) in [5.41, 5.74) is 1.16. The van der Waals surface area contributed by atoms with Crippen LogP contribution in [0.2, 0.25) is 0 Å². The molecule has 1 unspecified atom stereocenters. The van der Waals surface area contributed by atoms with Gasteiger partial charge >= 0.3 is 0 Å². The molecule has 2 rings (SSSR count). The van der Waals surface area contributed by atoms with Crippen LogP contribution in [0, 0.1) is 0 Å². The second-order valence-corrected chi connectivity index (χ2v) is 37.1. The molecular weight excluding hydrogens is 257 g/mol.